The number of rotatable bonds is 5. The smallest absolute Gasteiger partial charge is 0.235 e. The van der Waals surface area contributed by atoms with Crippen LogP contribution in [0.15, 0.2) is 42.5 Å². The Bertz CT molecular complexity index is 925. The molecule has 1 saturated heterocycles. The summed E-state index contributed by atoms with van der Waals surface area (Å²) in [6.45, 7) is 2.35. The van der Waals surface area contributed by atoms with Crippen molar-refractivity contribution in [3.8, 4) is 0 Å². The second-order valence-corrected chi connectivity index (χ2v) is 8.50. The van der Waals surface area contributed by atoms with Crippen LogP contribution in [0.3, 0.4) is 0 Å². The molecule has 26 heavy (non-hydrogen) atoms. The van der Waals surface area contributed by atoms with Crippen LogP contribution >= 0.6 is 0 Å². The molecular formula is C19H23N3O3S. The number of aryl methyl sites for hydroxylation is 2. The van der Waals surface area contributed by atoms with Crippen LogP contribution in [0.1, 0.15) is 24.0 Å². The summed E-state index contributed by atoms with van der Waals surface area (Å²) >= 11 is 0. The molecule has 1 aliphatic heterocycles. The minimum Gasteiger partial charge on any atom is -0.399 e. The summed E-state index contributed by atoms with van der Waals surface area (Å²) in [7, 11) is -3.25. The van der Waals surface area contributed by atoms with Crippen molar-refractivity contribution >= 4 is 33.0 Å². The number of carbonyl (C=O) groups excluding carboxylic acids is 1. The van der Waals surface area contributed by atoms with Gasteiger partial charge in [-0.15, -0.1) is 0 Å². The molecule has 2 aromatic rings. The maximum atomic E-state index is 12.3. The number of nitrogens with zero attached hydrogens (tertiary/aromatic N) is 1. The molecule has 1 amide bonds. The zero-order valence-electron chi connectivity index (χ0n) is 14.7. The summed E-state index contributed by atoms with van der Waals surface area (Å²) in [4.78, 5) is 12.3. The van der Waals surface area contributed by atoms with Gasteiger partial charge in [-0.05, 0) is 49.1 Å². The first-order valence-electron chi connectivity index (χ1n) is 8.61. The number of carbonyl (C=O) groups is 1. The van der Waals surface area contributed by atoms with E-state index in [9.17, 15) is 13.2 Å². The summed E-state index contributed by atoms with van der Waals surface area (Å²) in [5.41, 5.74) is 9.61. The predicted molar refractivity (Wildman–Crippen MR) is 105 cm³/mol. The Labute approximate surface area is 154 Å². The summed E-state index contributed by atoms with van der Waals surface area (Å²) in [5, 5.41) is 2.85. The van der Waals surface area contributed by atoms with E-state index in [-0.39, 0.29) is 11.7 Å². The lowest BCUT2D eigenvalue weighted by Gasteiger charge is -2.20. The molecule has 0 radical (unpaired) electrons. The second-order valence-electron chi connectivity index (χ2n) is 6.49. The molecule has 0 atom stereocenters. The van der Waals surface area contributed by atoms with Crippen molar-refractivity contribution in [2.24, 2.45) is 0 Å². The summed E-state index contributed by atoms with van der Waals surface area (Å²) < 4.78 is 25.8. The van der Waals surface area contributed by atoms with Crippen molar-refractivity contribution in [2.75, 3.05) is 27.7 Å². The van der Waals surface area contributed by atoms with Gasteiger partial charge in [0.2, 0.25) is 15.9 Å². The molecule has 3 N–H and O–H groups in total. The number of hydrogen-bond acceptors (Lipinski definition) is 4. The van der Waals surface area contributed by atoms with E-state index in [2.05, 4.69) is 5.32 Å². The minimum absolute atomic E-state index is 0.132. The lowest BCUT2D eigenvalue weighted by molar-refractivity contribution is -0.116. The minimum atomic E-state index is -3.25. The van der Waals surface area contributed by atoms with Crippen LogP contribution in [0.4, 0.5) is 17.1 Å². The number of anilines is 3. The van der Waals surface area contributed by atoms with Crippen LogP contribution < -0.4 is 15.4 Å². The van der Waals surface area contributed by atoms with Gasteiger partial charge in [-0.1, -0.05) is 24.3 Å². The first-order chi connectivity index (χ1) is 12.4. The van der Waals surface area contributed by atoms with E-state index in [0.717, 1.165) is 11.1 Å². The first-order valence-corrected chi connectivity index (χ1v) is 10.2. The lowest BCUT2D eigenvalue weighted by atomic mass is 10.1. The number of hydrogen-bond donors (Lipinski definition) is 2. The Morgan fingerprint density at radius 2 is 2.00 bits per heavy atom. The van der Waals surface area contributed by atoms with Gasteiger partial charge in [0.1, 0.15) is 0 Å². The molecule has 0 bridgehead atoms. The molecule has 0 saturated carbocycles. The van der Waals surface area contributed by atoms with Crippen molar-refractivity contribution in [3.63, 3.8) is 0 Å². The third-order valence-corrected chi connectivity index (χ3v) is 6.39. The van der Waals surface area contributed by atoms with Crippen molar-refractivity contribution in [2.45, 2.75) is 26.2 Å². The van der Waals surface area contributed by atoms with E-state index in [1.54, 1.807) is 12.1 Å². The highest BCUT2D eigenvalue weighted by molar-refractivity contribution is 7.93. The van der Waals surface area contributed by atoms with Crippen molar-refractivity contribution in [3.05, 3.63) is 53.6 Å². The maximum absolute atomic E-state index is 12.3. The fourth-order valence-corrected chi connectivity index (χ4v) is 4.72. The number of benzene rings is 2. The molecule has 7 heteroatoms. The van der Waals surface area contributed by atoms with Crippen LogP contribution in [0, 0.1) is 6.92 Å². The Balaban J connectivity index is 1.69. The number of para-hydroxylation sites is 1. The zero-order chi connectivity index (χ0) is 18.7. The molecule has 0 spiro atoms. The highest BCUT2D eigenvalue weighted by Crippen LogP contribution is 2.30. The highest BCUT2D eigenvalue weighted by atomic mass is 32.2. The molecule has 1 fully saturated rings. The first kappa shape index (κ1) is 18.3. The molecule has 0 aromatic heterocycles. The van der Waals surface area contributed by atoms with E-state index >= 15 is 0 Å². The Kier molecular flexibility index (Phi) is 5.18. The van der Waals surface area contributed by atoms with E-state index in [4.69, 9.17) is 5.73 Å². The van der Waals surface area contributed by atoms with E-state index in [1.807, 2.05) is 37.3 Å². The predicted octanol–water partition coefficient (Wildman–Crippen LogP) is 2.69. The molecule has 3 rings (SSSR count). The van der Waals surface area contributed by atoms with Gasteiger partial charge in [0, 0.05) is 24.3 Å². The average molecular weight is 373 g/mol. The number of amides is 1. The normalized spacial score (nSPS) is 15.8. The third-order valence-electron chi connectivity index (χ3n) is 4.54. The SMILES string of the molecule is Cc1ccc(NC(=O)CCc2ccccc2N)cc1N1CCCS1(=O)=O. The van der Waals surface area contributed by atoms with Gasteiger partial charge >= 0.3 is 0 Å². The number of nitrogens with one attached hydrogen (secondary N) is 1. The van der Waals surface area contributed by atoms with E-state index < -0.39 is 10.0 Å². The monoisotopic (exact) mass is 373 g/mol. The van der Waals surface area contributed by atoms with Crippen LogP contribution in [-0.2, 0) is 21.2 Å². The molecular weight excluding hydrogens is 350 g/mol. The molecule has 6 nitrogen and oxygen atoms in total. The van der Waals surface area contributed by atoms with Crippen molar-refractivity contribution in [1.82, 2.24) is 0 Å². The zero-order valence-corrected chi connectivity index (χ0v) is 15.6. The molecule has 2 aromatic carbocycles. The quantitative estimate of drug-likeness (QED) is 0.788. The number of nitrogen functional groups attached to an aromatic ring is 1. The van der Waals surface area contributed by atoms with Gasteiger partial charge in [-0.3, -0.25) is 9.10 Å². The number of nitrogens with two attached hydrogens (primary N) is 1. The van der Waals surface area contributed by atoms with Crippen molar-refractivity contribution in [1.29, 1.82) is 0 Å². The Morgan fingerprint density at radius 3 is 2.69 bits per heavy atom. The molecule has 1 heterocycles. The van der Waals surface area contributed by atoms with E-state index in [1.165, 1.54) is 4.31 Å². The van der Waals surface area contributed by atoms with Gasteiger partial charge in [-0.25, -0.2) is 8.42 Å². The average Bonchev–Trinajstić information content (AvgIpc) is 2.95. The maximum Gasteiger partial charge on any atom is 0.235 e. The number of sulfonamides is 1. The molecule has 0 unspecified atom stereocenters. The lowest BCUT2D eigenvalue weighted by Crippen LogP contribution is -2.26. The van der Waals surface area contributed by atoms with Crippen molar-refractivity contribution < 1.29 is 13.2 Å². The van der Waals surface area contributed by atoms with Gasteiger partial charge in [0.05, 0.1) is 11.4 Å². The fourth-order valence-electron chi connectivity index (χ4n) is 3.10. The third kappa shape index (κ3) is 3.99. The Hall–Kier alpha value is -2.54. The van der Waals surface area contributed by atoms with Gasteiger partial charge in [0.25, 0.3) is 0 Å². The molecule has 1 aliphatic rings. The molecule has 138 valence electrons. The van der Waals surface area contributed by atoms with Crippen LogP contribution in [-0.4, -0.2) is 26.6 Å². The van der Waals surface area contributed by atoms with Crippen LogP contribution in [0.25, 0.3) is 0 Å². The summed E-state index contributed by atoms with van der Waals surface area (Å²) in [5.74, 6) is 0.0361. The highest BCUT2D eigenvalue weighted by Gasteiger charge is 2.29. The summed E-state index contributed by atoms with van der Waals surface area (Å²) in [6, 6.07) is 12.8. The standard InChI is InChI=1S/C19H23N3O3S/c1-14-7-9-16(13-18(14)22-11-4-12-26(22,24)25)21-19(23)10-8-15-5-2-3-6-17(15)20/h2-3,5-7,9,13H,4,8,10-12,20H2,1H3,(H,21,23). The second kappa shape index (κ2) is 7.37. The topological polar surface area (TPSA) is 92.5 Å². The summed E-state index contributed by atoms with van der Waals surface area (Å²) in [6.07, 6.45) is 1.48. The van der Waals surface area contributed by atoms with E-state index in [0.29, 0.717) is 42.9 Å². The van der Waals surface area contributed by atoms with Gasteiger partial charge in [-0.2, -0.15) is 0 Å². The Morgan fingerprint density at radius 1 is 1.23 bits per heavy atom. The van der Waals surface area contributed by atoms with Crippen LogP contribution in [0.5, 0.6) is 0 Å². The van der Waals surface area contributed by atoms with Gasteiger partial charge in [0.15, 0.2) is 0 Å². The van der Waals surface area contributed by atoms with Crippen LogP contribution in [0.2, 0.25) is 0 Å². The fraction of sp³-hybridized carbons (Fsp3) is 0.316. The largest absolute Gasteiger partial charge is 0.399 e. The van der Waals surface area contributed by atoms with Gasteiger partial charge < -0.3 is 11.1 Å². The molecule has 0 aliphatic carbocycles.